The summed E-state index contributed by atoms with van der Waals surface area (Å²) in [6, 6.07) is 3.68. The number of halogens is 2. The summed E-state index contributed by atoms with van der Waals surface area (Å²) in [6.45, 7) is 15.7. The largest absolute Gasteiger partial charge is 0.463 e. The molecule has 2 aliphatic heterocycles. The zero-order chi connectivity index (χ0) is 28.2. The first-order valence-electron chi connectivity index (χ1n) is 12.7. The molecule has 0 aliphatic carbocycles. The van der Waals surface area contributed by atoms with Crippen molar-refractivity contribution in [3.63, 3.8) is 0 Å². The minimum atomic E-state index is -0.774. The molecule has 0 aromatic heterocycles. The highest BCUT2D eigenvalue weighted by atomic mass is 35.5. The number of nitrogens with zero attached hydrogens (tertiary/aromatic N) is 3. The van der Waals surface area contributed by atoms with E-state index in [9.17, 15) is 14.4 Å². The van der Waals surface area contributed by atoms with Gasteiger partial charge in [0.2, 0.25) is 0 Å². The number of esters is 1. The summed E-state index contributed by atoms with van der Waals surface area (Å²) in [5, 5.41) is 6.63. The Morgan fingerprint density at radius 2 is 1.95 bits per heavy atom. The van der Waals surface area contributed by atoms with Crippen molar-refractivity contribution in [3.05, 3.63) is 57.7 Å². The molecule has 208 valence electrons. The lowest BCUT2D eigenvalue weighted by atomic mass is 9.94. The molecular formula is C27H37Cl2N5O4. The SMILES string of the molecule is C=CCN1C(=O)N[C@H](c2ccc(Cl)c(Cl)c2)C(C(=O)OCC)=C1CN1CCN(C(=O)NC(C)(C)C)[C@H](C)C1. The van der Waals surface area contributed by atoms with Crippen LogP contribution >= 0.6 is 23.2 Å². The van der Waals surface area contributed by atoms with Crippen LogP contribution in [0.2, 0.25) is 10.0 Å². The van der Waals surface area contributed by atoms with E-state index in [1.807, 2.05) is 32.6 Å². The van der Waals surface area contributed by atoms with Gasteiger partial charge in [-0.2, -0.15) is 0 Å². The van der Waals surface area contributed by atoms with Gasteiger partial charge >= 0.3 is 18.0 Å². The third-order valence-electron chi connectivity index (χ3n) is 6.35. The minimum absolute atomic E-state index is 0.0751. The molecule has 2 heterocycles. The van der Waals surface area contributed by atoms with Crippen molar-refractivity contribution in [1.82, 2.24) is 25.3 Å². The lowest BCUT2D eigenvalue weighted by Crippen LogP contribution is -2.59. The number of carbonyl (C=O) groups excluding carboxylic acids is 3. The number of amides is 4. The monoisotopic (exact) mass is 565 g/mol. The summed E-state index contributed by atoms with van der Waals surface area (Å²) in [4.78, 5) is 44.9. The fraction of sp³-hybridized carbons (Fsp3) is 0.519. The second-order valence-corrected chi connectivity index (χ2v) is 11.3. The van der Waals surface area contributed by atoms with Crippen LogP contribution in [0.4, 0.5) is 9.59 Å². The average Bonchev–Trinajstić information content (AvgIpc) is 2.82. The zero-order valence-corrected chi connectivity index (χ0v) is 24.2. The van der Waals surface area contributed by atoms with Crippen LogP contribution in [0.3, 0.4) is 0 Å². The van der Waals surface area contributed by atoms with Gasteiger partial charge in [0.15, 0.2) is 0 Å². The Hall–Kier alpha value is -2.75. The van der Waals surface area contributed by atoms with Crippen molar-refractivity contribution in [2.75, 3.05) is 39.3 Å². The highest BCUT2D eigenvalue weighted by Crippen LogP contribution is 2.35. The van der Waals surface area contributed by atoms with Gasteiger partial charge in [-0.25, -0.2) is 14.4 Å². The molecule has 1 fully saturated rings. The van der Waals surface area contributed by atoms with Crippen molar-refractivity contribution >= 4 is 41.2 Å². The van der Waals surface area contributed by atoms with Crippen molar-refractivity contribution in [1.29, 1.82) is 0 Å². The average molecular weight is 567 g/mol. The number of hydrogen-bond donors (Lipinski definition) is 2. The lowest BCUT2D eigenvalue weighted by Gasteiger charge is -2.43. The predicted octanol–water partition coefficient (Wildman–Crippen LogP) is 4.58. The van der Waals surface area contributed by atoms with Crippen LogP contribution < -0.4 is 10.6 Å². The van der Waals surface area contributed by atoms with Crippen molar-refractivity contribution in [3.8, 4) is 0 Å². The van der Waals surface area contributed by atoms with Crippen LogP contribution in [0.15, 0.2) is 42.1 Å². The zero-order valence-electron chi connectivity index (χ0n) is 22.6. The molecule has 0 bridgehead atoms. The number of ether oxygens (including phenoxy) is 1. The van der Waals surface area contributed by atoms with Crippen LogP contribution in [-0.2, 0) is 9.53 Å². The standard InChI is InChI=1S/C27H37Cl2N5O4/c1-7-11-34-21(16-32-12-13-33(17(3)15-32)26(37)31-27(4,5)6)22(24(35)38-8-2)23(30-25(34)36)18-9-10-19(28)20(29)14-18/h7,9-10,14,17,23H,1,8,11-13,15-16H2,2-6H3,(H,30,36)(H,31,37)/t17-,23-/m1/s1. The molecule has 11 heteroatoms. The quantitative estimate of drug-likeness (QED) is 0.373. The first kappa shape index (κ1) is 29.8. The fourth-order valence-corrected chi connectivity index (χ4v) is 4.98. The molecule has 0 saturated carbocycles. The lowest BCUT2D eigenvalue weighted by molar-refractivity contribution is -0.139. The van der Waals surface area contributed by atoms with Crippen molar-refractivity contribution in [2.24, 2.45) is 0 Å². The third-order valence-corrected chi connectivity index (χ3v) is 7.09. The minimum Gasteiger partial charge on any atom is -0.463 e. The summed E-state index contributed by atoms with van der Waals surface area (Å²) in [7, 11) is 0. The van der Waals surface area contributed by atoms with Crippen LogP contribution in [0.25, 0.3) is 0 Å². The van der Waals surface area contributed by atoms with E-state index in [1.165, 1.54) is 4.90 Å². The van der Waals surface area contributed by atoms with Gasteiger partial charge in [0, 0.05) is 50.0 Å². The normalized spacial score (nSPS) is 20.8. The summed E-state index contributed by atoms with van der Waals surface area (Å²) in [5.74, 6) is -0.524. The molecule has 38 heavy (non-hydrogen) atoms. The molecule has 2 atom stereocenters. The number of hydrogen-bond acceptors (Lipinski definition) is 5. The summed E-state index contributed by atoms with van der Waals surface area (Å²) >= 11 is 12.4. The Morgan fingerprint density at radius 3 is 2.53 bits per heavy atom. The smallest absolute Gasteiger partial charge is 0.338 e. The molecule has 1 saturated heterocycles. The number of nitrogens with one attached hydrogen (secondary N) is 2. The molecule has 3 rings (SSSR count). The highest BCUT2D eigenvalue weighted by Gasteiger charge is 2.39. The molecule has 2 N–H and O–H groups in total. The van der Waals surface area contributed by atoms with Gasteiger partial charge in [0.25, 0.3) is 0 Å². The Bertz CT molecular complexity index is 1120. The van der Waals surface area contributed by atoms with Crippen LogP contribution in [-0.4, -0.2) is 83.6 Å². The van der Waals surface area contributed by atoms with Gasteiger partial charge in [-0.1, -0.05) is 35.3 Å². The molecule has 1 aromatic carbocycles. The van der Waals surface area contributed by atoms with Gasteiger partial charge in [-0.15, -0.1) is 6.58 Å². The van der Waals surface area contributed by atoms with Crippen LogP contribution in [0.1, 0.15) is 46.2 Å². The second-order valence-electron chi connectivity index (χ2n) is 10.5. The van der Waals surface area contributed by atoms with Gasteiger partial charge < -0.3 is 20.3 Å². The number of carbonyl (C=O) groups is 3. The third kappa shape index (κ3) is 7.01. The maximum atomic E-state index is 13.4. The summed E-state index contributed by atoms with van der Waals surface area (Å²) < 4.78 is 5.44. The number of benzene rings is 1. The molecule has 4 amide bonds. The first-order chi connectivity index (χ1) is 17.9. The van der Waals surface area contributed by atoms with E-state index in [0.29, 0.717) is 53.1 Å². The topological polar surface area (TPSA) is 94.2 Å². The number of rotatable bonds is 7. The number of piperazine rings is 1. The molecule has 0 unspecified atom stereocenters. The molecule has 0 spiro atoms. The second kappa shape index (κ2) is 12.4. The molecule has 2 aliphatic rings. The van der Waals surface area contributed by atoms with E-state index in [4.69, 9.17) is 27.9 Å². The Kier molecular flexibility index (Phi) is 9.73. The van der Waals surface area contributed by atoms with Crippen molar-refractivity contribution in [2.45, 2.75) is 52.2 Å². The highest BCUT2D eigenvalue weighted by molar-refractivity contribution is 6.42. The summed E-state index contributed by atoms with van der Waals surface area (Å²) in [5.41, 5.74) is 1.13. The van der Waals surface area contributed by atoms with Gasteiger partial charge in [0.05, 0.1) is 28.3 Å². The van der Waals surface area contributed by atoms with E-state index >= 15 is 0 Å². The molecular weight excluding hydrogens is 529 g/mol. The first-order valence-corrected chi connectivity index (χ1v) is 13.5. The van der Waals surface area contributed by atoms with Crippen molar-refractivity contribution < 1.29 is 19.1 Å². The van der Waals surface area contributed by atoms with E-state index in [1.54, 1.807) is 31.2 Å². The van der Waals surface area contributed by atoms with Gasteiger partial charge in [0.1, 0.15) is 0 Å². The fourth-order valence-electron chi connectivity index (χ4n) is 4.67. The van der Waals surface area contributed by atoms with Crippen LogP contribution in [0, 0.1) is 0 Å². The van der Waals surface area contributed by atoms with E-state index in [-0.39, 0.29) is 36.8 Å². The van der Waals surface area contributed by atoms with Gasteiger partial charge in [-0.05, 0) is 52.3 Å². The molecule has 1 aromatic rings. The molecule has 0 radical (unpaired) electrons. The Morgan fingerprint density at radius 1 is 1.24 bits per heavy atom. The summed E-state index contributed by atoms with van der Waals surface area (Å²) in [6.07, 6.45) is 1.61. The van der Waals surface area contributed by atoms with E-state index < -0.39 is 12.0 Å². The maximum Gasteiger partial charge on any atom is 0.338 e. The van der Waals surface area contributed by atoms with E-state index in [2.05, 4.69) is 22.1 Å². The predicted molar refractivity (Wildman–Crippen MR) is 149 cm³/mol. The van der Waals surface area contributed by atoms with Gasteiger partial charge in [-0.3, -0.25) is 9.80 Å². The Labute approximate surface area is 234 Å². The molecule has 9 nitrogen and oxygen atoms in total. The van der Waals surface area contributed by atoms with E-state index in [0.717, 1.165) is 0 Å². The Balaban J connectivity index is 1.98. The maximum absolute atomic E-state index is 13.4. The van der Waals surface area contributed by atoms with Crippen LogP contribution in [0.5, 0.6) is 0 Å². The number of urea groups is 2.